The van der Waals surface area contributed by atoms with Gasteiger partial charge in [-0.25, -0.2) is 0 Å². The first-order valence-electron chi connectivity index (χ1n) is 6.44. The molecule has 1 rings (SSSR count). The molecule has 0 saturated carbocycles. The summed E-state index contributed by atoms with van der Waals surface area (Å²) < 4.78 is 5.09. The quantitative estimate of drug-likeness (QED) is 0.817. The van der Waals surface area contributed by atoms with E-state index in [4.69, 9.17) is 4.74 Å². The van der Waals surface area contributed by atoms with Gasteiger partial charge in [-0.15, -0.1) is 6.58 Å². The Morgan fingerprint density at radius 3 is 2.37 bits per heavy atom. The fraction of sp³-hybridized carbons (Fsp3) is 0.438. The summed E-state index contributed by atoms with van der Waals surface area (Å²) in [7, 11) is 1.62. The van der Waals surface area contributed by atoms with Crippen LogP contribution < -0.4 is 10.1 Å². The van der Waals surface area contributed by atoms with E-state index in [2.05, 4.69) is 32.7 Å². The van der Waals surface area contributed by atoms with Crippen molar-refractivity contribution in [3.63, 3.8) is 0 Å². The van der Waals surface area contributed by atoms with Gasteiger partial charge in [0.15, 0.2) is 0 Å². The van der Waals surface area contributed by atoms with Crippen LogP contribution in [-0.4, -0.2) is 13.0 Å². The first-order chi connectivity index (χ1) is 8.88. The van der Waals surface area contributed by atoms with Crippen molar-refractivity contribution in [3.05, 3.63) is 36.9 Å². The number of benzene rings is 1. The van der Waals surface area contributed by atoms with Gasteiger partial charge in [-0.2, -0.15) is 0 Å². The number of carbonyl (C=O) groups is 1. The first kappa shape index (κ1) is 15.3. The van der Waals surface area contributed by atoms with Crippen molar-refractivity contribution in [2.45, 2.75) is 27.2 Å². The molecule has 3 heteroatoms. The molecule has 1 amide bonds. The summed E-state index contributed by atoms with van der Waals surface area (Å²) in [6, 6.07) is 7.33. The summed E-state index contributed by atoms with van der Waals surface area (Å²) >= 11 is 0. The zero-order valence-electron chi connectivity index (χ0n) is 12.2. The molecule has 1 aromatic carbocycles. The van der Waals surface area contributed by atoms with Gasteiger partial charge in [0, 0.05) is 11.6 Å². The molecule has 0 saturated heterocycles. The maximum absolute atomic E-state index is 12.3. The van der Waals surface area contributed by atoms with E-state index in [9.17, 15) is 4.79 Å². The predicted molar refractivity (Wildman–Crippen MR) is 79.4 cm³/mol. The number of hydrogen-bond donors (Lipinski definition) is 1. The van der Waals surface area contributed by atoms with Crippen molar-refractivity contribution in [2.24, 2.45) is 11.3 Å². The van der Waals surface area contributed by atoms with E-state index < -0.39 is 0 Å². The maximum atomic E-state index is 12.3. The molecule has 0 fully saturated rings. The molecule has 0 aromatic heterocycles. The van der Waals surface area contributed by atoms with Crippen molar-refractivity contribution < 1.29 is 9.53 Å². The standard InChI is InChI=1S/C16H23NO2/c1-6-7-14(16(2,3)4)15(18)17-12-8-10-13(19-5)11-9-12/h6,8-11,14H,1,7H2,2-5H3,(H,17,18). The Morgan fingerprint density at radius 2 is 1.95 bits per heavy atom. The lowest BCUT2D eigenvalue weighted by molar-refractivity contribution is -0.122. The Kier molecular flexibility index (Phi) is 5.16. The van der Waals surface area contributed by atoms with E-state index in [1.807, 2.05) is 24.3 Å². The van der Waals surface area contributed by atoms with Gasteiger partial charge in [-0.1, -0.05) is 26.8 Å². The van der Waals surface area contributed by atoms with Crippen LogP contribution >= 0.6 is 0 Å². The summed E-state index contributed by atoms with van der Waals surface area (Å²) in [6.45, 7) is 9.92. The van der Waals surface area contributed by atoms with Gasteiger partial charge in [0.25, 0.3) is 0 Å². The summed E-state index contributed by atoms with van der Waals surface area (Å²) in [5.41, 5.74) is 0.689. The number of methoxy groups -OCH3 is 1. The smallest absolute Gasteiger partial charge is 0.228 e. The molecule has 3 nitrogen and oxygen atoms in total. The predicted octanol–water partition coefficient (Wildman–Crippen LogP) is 3.87. The van der Waals surface area contributed by atoms with E-state index in [-0.39, 0.29) is 17.2 Å². The molecule has 1 N–H and O–H groups in total. The molecular formula is C16H23NO2. The molecule has 19 heavy (non-hydrogen) atoms. The topological polar surface area (TPSA) is 38.3 Å². The normalized spacial score (nSPS) is 12.6. The zero-order chi connectivity index (χ0) is 14.5. The minimum absolute atomic E-state index is 0.0255. The van der Waals surface area contributed by atoms with Crippen LogP contribution in [0.3, 0.4) is 0 Å². The van der Waals surface area contributed by atoms with Gasteiger partial charge in [-0.3, -0.25) is 4.79 Å². The Hall–Kier alpha value is -1.77. The Bertz CT molecular complexity index is 429. The largest absolute Gasteiger partial charge is 0.497 e. The van der Waals surface area contributed by atoms with E-state index >= 15 is 0 Å². The third-order valence-corrected chi connectivity index (χ3v) is 3.12. The SMILES string of the molecule is C=CCC(C(=O)Nc1ccc(OC)cc1)C(C)(C)C. The third-order valence-electron chi connectivity index (χ3n) is 3.12. The molecule has 0 spiro atoms. The molecule has 1 unspecified atom stereocenters. The highest BCUT2D eigenvalue weighted by Gasteiger charge is 2.30. The highest BCUT2D eigenvalue weighted by Crippen LogP contribution is 2.30. The molecular weight excluding hydrogens is 238 g/mol. The van der Waals surface area contributed by atoms with Crippen LogP contribution in [0.4, 0.5) is 5.69 Å². The highest BCUT2D eigenvalue weighted by atomic mass is 16.5. The monoisotopic (exact) mass is 261 g/mol. The van der Waals surface area contributed by atoms with Crippen LogP contribution in [0.15, 0.2) is 36.9 Å². The molecule has 0 aliphatic rings. The van der Waals surface area contributed by atoms with Crippen LogP contribution in [0, 0.1) is 11.3 Å². The summed E-state index contributed by atoms with van der Waals surface area (Å²) in [6.07, 6.45) is 2.47. The second-order valence-electron chi connectivity index (χ2n) is 5.66. The summed E-state index contributed by atoms with van der Waals surface area (Å²) in [5, 5.41) is 2.94. The van der Waals surface area contributed by atoms with E-state index in [0.29, 0.717) is 6.42 Å². The van der Waals surface area contributed by atoms with Crippen molar-refractivity contribution in [1.29, 1.82) is 0 Å². The minimum Gasteiger partial charge on any atom is -0.497 e. The van der Waals surface area contributed by atoms with E-state index in [0.717, 1.165) is 11.4 Å². The van der Waals surface area contributed by atoms with Crippen molar-refractivity contribution in [1.82, 2.24) is 0 Å². The van der Waals surface area contributed by atoms with Crippen LogP contribution in [0.25, 0.3) is 0 Å². The lowest BCUT2D eigenvalue weighted by Gasteiger charge is -2.28. The lowest BCUT2D eigenvalue weighted by Crippen LogP contribution is -2.32. The average Bonchev–Trinajstić information content (AvgIpc) is 2.35. The number of amides is 1. The Labute approximate surface area is 115 Å². The Balaban J connectivity index is 2.78. The minimum atomic E-state index is -0.0925. The number of hydrogen-bond acceptors (Lipinski definition) is 2. The molecule has 0 aliphatic heterocycles. The highest BCUT2D eigenvalue weighted by molar-refractivity contribution is 5.93. The second kappa shape index (κ2) is 6.41. The van der Waals surface area contributed by atoms with E-state index in [1.165, 1.54) is 0 Å². The first-order valence-corrected chi connectivity index (χ1v) is 6.44. The van der Waals surface area contributed by atoms with Crippen molar-refractivity contribution in [3.8, 4) is 5.75 Å². The van der Waals surface area contributed by atoms with Crippen LogP contribution in [-0.2, 0) is 4.79 Å². The molecule has 0 aliphatic carbocycles. The maximum Gasteiger partial charge on any atom is 0.228 e. The molecule has 104 valence electrons. The molecule has 1 atom stereocenters. The van der Waals surface area contributed by atoms with Crippen LogP contribution in [0.2, 0.25) is 0 Å². The van der Waals surface area contributed by atoms with Gasteiger partial charge in [0.05, 0.1) is 7.11 Å². The fourth-order valence-electron chi connectivity index (χ4n) is 1.92. The number of carbonyl (C=O) groups excluding carboxylic acids is 1. The molecule has 1 aromatic rings. The van der Waals surface area contributed by atoms with Crippen LogP contribution in [0.1, 0.15) is 27.2 Å². The summed E-state index contributed by atoms with van der Waals surface area (Å²) in [5.74, 6) is 0.709. The van der Waals surface area contributed by atoms with Crippen molar-refractivity contribution in [2.75, 3.05) is 12.4 Å². The number of allylic oxidation sites excluding steroid dienone is 1. The van der Waals surface area contributed by atoms with Gasteiger partial charge >= 0.3 is 0 Å². The third kappa shape index (κ3) is 4.43. The Morgan fingerprint density at radius 1 is 1.37 bits per heavy atom. The lowest BCUT2D eigenvalue weighted by atomic mass is 9.78. The van der Waals surface area contributed by atoms with Gasteiger partial charge in [0.1, 0.15) is 5.75 Å². The second-order valence-corrected chi connectivity index (χ2v) is 5.66. The molecule has 0 radical (unpaired) electrons. The van der Waals surface area contributed by atoms with Gasteiger partial charge in [0.2, 0.25) is 5.91 Å². The fourth-order valence-corrected chi connectivity index (χ4v) is 1.92. The van der Waals surface area contributed by atoms with Gasteiger partial charge < -0.3 is 10.1 Å². The molecule has 0 bridgehead atoms. The van der Waals surface area contributed by atoms with E-state index in [1.54, 1.807) is 13.2 Å². The number of anilines is 1. The number of rotatable bonds is 5. The number of ether oxygens (including phenoxy) is 1. The number of nitrogens with one attached hydrogen (secondary N) is 1. The van der Waals surface area contributed by atoms with Gasteiger partial charge in [-0.05, 0) is 36.1 Å². The van der Waals surface area contributed by atoms with Crippen LogP contribution in [0.5, 0.6) is 5.75 Å². The average molecular weight is 261 g/mol. The molecule has 0 heterocycles. The summed E-state index contributed by atoms with van der Waals surface area (Å²) in [4.78, 5) is 12.3. The zero-order valence-corrected chi connectivity index (χ0v) is 12.2. The van der Waals surface area contributed by atoms with Crippen molar-refractivity contribution >= 4 is 11.6 Å².